The lowest BCUT2D eigenvalue weighted by atomic mass is 10.2. The molecule has 2 aromatic carbocycles. The molecule has 0 aliphatic carbocycles. The van der Waals surface area contributed by atoms with Gasteiger partial charge in [0.2, 0.25) is 6.10 Å². The Kier molecular flexibility index (Phi) is 4.48. The van der Waals surface area contributed by atoms with Gasteiger partial charge < -0.3 is 13.9 Å². The lowest BCUT2D eigenvalue weighted by molar-refractivity contribution is -0.135. The molecule has 2 heterocycles. The number of benzene rings is 2. The molecule has 1 aliphatic rings. The lowest BCUT2D eigenvalue weighted by Gasteiger charge is -2.25. The van der Waals surface area contributed by atoms with Crippen LogP contribution in [0.3, 0.4) is 0 Å². The Morgan fingerprint density at radius 1 is 1.07 bits per heavy atom. The number of rotatable bonds is 3. The number of nitrogens with one attached hydrogen (secondary N) is 2. The largest absolute Gasteiger partial charge is 0.485 e. The van der Waals surface area contributed by atoms with Crippen LogP contribution in [-0.2, 0) is 9.59 Å². The number of hydrogen-bond donors (Lipinski definition) is 2. The SMILES string of the molecule is CC(C(=O)NNC(=O)C1COc2ccccc2O1)n1c(=O)oc2ccccc21. The van der Waals surface area contributed by atoms with E-state index in [1.165, 1.54) is 11.5 Å². The van der Waals surface area contributed by atoms with Crippen LogP contribution in [0.25, 0.3) is 11.1 Å². The van der Waals surface area contributed by atoms with Crippen LogP contribution in [0, 0.1) is 0 Å². The fourth-order valence-corrected chi connectivity index (χ4v) is 2.92. The highest BCUT2D eigenvalue weighted by molar-refractivity contribution is 5.87. The van der Waals surface area contributed by atoms with Gasteiger partial charge in [-0.25, -0.2) is 4.79 Å². The van der Waals surface area contributed by atoms with Crippen LogP contribution in [0.5, 0.6) is 11.5 Å². The number of carbonyl (C=O) groups is 2. The number of para-hydroxylation sites is 4. The molecule has 0 saturated carbocycles. The molecule has 0 fully saturated rings. The summed E-state index contributed by atoms with van der Waals surface area (Å²) < 4.78 is 17.4. The van der Waals surface area contributed by atoms with Crippen molar-refractivity contribution in [1.29, 1.82) is 0 Å². The maximum Gasteiger partial charge on any atom is 0.420 e. The number of hydrazine groups is 1. The Bertz CT molecular complexity index is 1100. The van der Waals surface area contributed by atoms with Gasteiger partial charge in [-0.2, -0.15) is 0 Å². The smallest absolute Gasteiger partial charge is 0.420 e. The van der Waals surface area contributed by atoms with E-state index < -0.39 is 29.7 Å². The molecule has 144 valence electrons. The third-order valence-corrected chi connectivity index (χ3v) is 4.40. The van der Waals surface area contributed by atoms with Crippen molar-refractivity contribution in [3.05, 3.63) is 59.1 Å². The van der Waals surface area contributed by atoms with Crippen LogP contribution < -0.4 is 26.1 Å². The molecule has 4 rings (SSSR count). The normalized spacial score (nSPS) is 16.4. The third kappa shape index (κ3) is 3.18. The maximum absolute atomic E-state index is 12.4. The van der Waals surface area contributed by atoms with Crippen molar-refractivity contribution in [1.82, 2.24) is 15.4 Å². The summed E-state index contributed by atoms with van der Waals surface area (Å²) in [5.41, 5.74) is 5.48. The average Bonchev–Trinajstić information content (AvgIpc) is 3.06. The van der Waals surface area contributed by atoms with Crippen LogP contribution in [0.2, 0.25) is 0 Å². The quantitative estimate of drug-likeness (QED) is 0.656. The Morgan fingerprint density at radius 2 is 1.79 bits per heavy atom. The summed E-state index contributed by atoms with van der Waals surface area (Å²) in [5, 5.41) is 0. The molecule has 9 nitrogen and oxygen atoms in total. The van der Waals surface area contributed by atoms with Crippen LogP contribution in [0.15, 0.2) is 57.7 Å². The predicted octanol–water partition coefficient (Wildman–Crippen LogP) is 1.14. The topological polar surface area (TPSA) is 112 Å². The van der Waals surface area contributed by atoms with Gasteiger partial charge in [-0.3, -0.25) is 25.0 Å². The molecule has 2 amide bonds. The first-order valence-corrected chi connectivity index (χ1v) is 8.63. The molecular formula is C19H17N3O6. The number of oxazole rings is 1. The molecule has 0 bridgehead atoms. The fraction of sp³-hybridized carbons (Fsp3) is 0.211. The van der Waals surface area contributed by atoms with E-state index in [4.69, 9.17) is 13.9 Å². The van der Waals surface area contributed by atoms with Crippen molar-refractivity contribution in [2.75, 3.05) is 6.61 Å². The Hall–Kier alpha value is -3.75. The molecule has 0 saturated heterocycles. The van der Waals surface area contributed by atoms with Gasteiger partial charge in [-0.05, 0) is 31.2 Å². The Balaban J connectivity index is 1.41. The van der Waals surface area contributed by atoms with Crippen LogP contribution in [-0.4, -0.2) is 29.1 Å². The minimum Gasteiger partial charge on any atom is -0.485 e. The third-order valence-electron chi connectivity index (χ3n) is 4.40. The predicted molar refractivity (Wildman–Crippen MR) is 97.8 cm³/mol. The van der Waals surface area contributed by atoms with E-state index in [0.717, 1.165) is 0 Å². The van der Waals surface area contributed by atoms with Gasteiger partial charge in [-0.1, -0.05) is 24.3 Å². The molecule has 3 aromatic rings. The van der Waals surface area contributed by atoms with Gasteiger partial charge in [0.15, 0.2) is 17.1 Å². The summed E-state index contributed by atoms with van der Waals surface area (Å²) in [6.07, 6.45) is -0.914. The number of hydrogen-bond acceptors (Lipinski definition) is 6. The van der Waals surface area contributed by atoms with Crippen molar-refractivity contribution < 1.29 is 23.5 Å². The number of nitrogens with zero attached hydrogens (tertiary/aromatic N) is 1. The summed E-state index contributed by atoms with van der Waals surface area (Å²) in [7, 11) is 0. The van der Waals surface area contributed by atoms with Crippen LogP contribution >= 0.6 is 0 Å². The second-order valence-corrected chi connectivity index (χ2v) is 6.22. The van der Waals surface area contributed by atoms with Gasteiger partial charge in [-0.15, -0.1) is 0 Å². The fourth-order valence-electron chi connectivity index (χ4n) is 2.92. The number of carbonyl (C=O) groups excluding carboxylic acids is 2. The second-order valence-electron chi connectivity index (χ2n) is 6.22. The van der Waals surface area contributed by atoms with E-state index in [0.29, 0.717) is 22.6 Å². The number of amides is 2. The zero-order valence-electron chi connectivity index (χ0n) is 14.9. The monoisotopic (exact) mass is 383 g/mol. The molecule has 2 atom stereocenters. The van der Waals surface area contributed by atoms with E-state index in [9.17, 15) is 14.4 Å². The average molecular weight is 383 g/mol. The van der Waals surface area contributed by atoms with E-state index in [-0.39, 0.29) is 6.61 Å². The molecule has 9 heteroatoms. The first-order valence-electron chi connectivity index (χ1n) is 8.63. The highest BCUT2D eigenvalue weighted by Gasteiger charge is 2.28. The second kappa shape index (κ2) is 7.10. The maximum atomic E-state index is 12.4. The lowest BCUT2D eigenvalue weighted by Crippen LogP contribution is -2.52. The van der Waals surface area contributed by atoms with Gasteiger partial charge in [0, 0.05) is 0 Å². The number of aromatic nitrogens is 1. The van der Waals surface area contributed by atoms with E-state index >= 15 is 0 Å². The van der Waals surface area contributed by atoms with Gasteiger partial charge in [0.05, 0.1) is 5.52 Å². The van der Waals surface area contributed by atoms with Crippen molar-refractivity contribution in [3.8, 4) is 11.5 Å². The number of fused-ring (bicyclic) bond motifs is 2. The highest BCUT2D eigenvalue weighted by atomic mass is 16.6. The van der Waals surface area contributed by atoms with Crippen molar-refractivity contribution in [3.63, 3.8) is 0 Å². The van der Waals surface area contributed by atoms with Gasteiger partial charge in [0.25, 0.3) is 11.8 Å². The zero-order chi connectivity index (χ0) is 19.7. The molecule has 1 aromatic heterocycles. The summed E-state index contributed by atoms with van der Waals surface area (Å²) >= 11 is 0. The first-order chi connectivity index (χ1) is 13.5. The summed E-state index contributed by atoms with van der Waals surface area (Å²) in [5.74, 6) is -0.810. The summed E-state index contributed by atoms with van der Waals surface area (Å²) in [4.78, 5) is 36.8. The van der Waals surface area contributed by atoms with Crippen LogP contribution in [0.1, 0.15) is 13.0 Å². The van der Waals surface area contributed by atoms with Crippen LogP contribution in [0.4, 0.5) is 0 Å². The highest BCUT2D eigenvalue weighted by Crippen LogP contribution is 2.30. The van der Waals surface area contributed by atoms with E-state index in [1.54, 1.807) is 48.5 Å². The number of ether oxygens (including phenoxy) is 2. The van der Waals surface area contributed by atoms with Gasteiger partial charge >= 0.3 is 5.76 Å². The molecule has 2 unspecified atom stereocenters. The molecule has 1 aliphatic heterocycles. The van der Waals surface area contributed by atoms with E-state index in [1.807, 2.05) is 0 Å². The molecular weight excluding hydrogens is 366 g/mol. The van der Waals surface area contributed by atoms with Crippen molar-refractivity contribution in [2.45, 2.75) is 19.1 Å². The van der Waals surface area contributed by atoms with Gasteiger partial charge in [0.1, 0.15) is 12.6 Å². The molecule has 0 spiro atoms. The minimum absolute atomic E-state index is 0.0140. The molecule has 0 radical (unpaired) electrons. The summed E-state index contributed by atoms with van der Waals surface area (Å²) in [6, 6.07) is 12.9. The minimum atomic E-state index is -0.914. The Morgan fingerprint density at radius 3 is 2.61 bits per heavy atom. The zero-order valence-corrected chi connectivity index (χ0v) is 14.9. The van der Waals surface area contributed by atoms with Crippen molar-refractivity contribution in [2.24, 2.45) is 0 Å². The standard InChI is InChI=1S/C19H17N3O6/c1-11(22-12-6-2-3-7-13(12)28-19(22)25)17(23)20-21-18(24)16-10-26-14-8-4-5-9-15(14)27-16/h2-9,11,16H,10H2,1H3,(H,20,23)(H,21,24). The molecule has 28 heavy (non-hydrogen) atoms. The first kappa shape index (κ1) is 17.7. The molecule has 2 N–H and O–H groups in total. The Labute approximate surface area is 158 Å². The van der Waals surface area contributed by atoms with E-state index in [2.05, 4.69) is 10.9 Å². The van der Waals surface area contributed by atoms with Crippen molar-refractivity contribution >= 4 is 22.9 Å². The summed E-state index contributed by atoms with van der Waals surface area (Å²) in [6.45, 7) is 1.54.